The average Bonchev–Trinajstić information content (AvgIpc) is 3.09. The molecule has 33 heavy (non-hydrogen) atoms. The molecule has 0 aromatic heterocycles. The van der Waals surface area contributed by atoms with Gasteiger partial charge in [-0.2, -0.15) is 0 Å². The summed E-state index contributed by atoms with van der Waals surface area (Å²) in [6.45, 7) is 3.74. The smallest absolute Gasteiger partial charge is 0.250 e. The summed E-state index contributed by atoms with van der Waals surface area (Å²) in [6.07, 6.45) is 4.19. The first-order chi connectivity index (χ1) is 16.0. The van der Waals surface area contributed by atoms with Crippen LogP contribution in [0.25, 0.3) is 0 Å². The molecule has 0 bridgehead atoms. The second-order valence-corrected chi connectivity index (χ2v) is 9.63. The largest absolute Gasteiger partial charge is 0.378 e. The normalized spacial score (nSPS) is 27.7. The monoisotopic (exact) mass is 445 g/mol. The van der Waals surface area contributed by atoms with E-state index in [1.54, 1.807) is 11.8 Å². The molecule has 1 saturated heterocycles. The number of carbonyl (C=O) groups is 3. The van der Waals surface area contributed by atoms with Crippen molar-refractivity contribution < 1.29 is 14.4 Å². The molecule has 2 aromatic rings. The quantitative estimate of drug-likeness (QED) is 0.702. The van der Waals surface area contributed by atoms with Crippen LogP contribution in [0.5, 0.6) is 0 Å². The lowest BCUT2D eigenvalue weighted by Crippen LogP contribution is -2.54. The highest BCUT2D eigenvalue weighted by Gasteiger charge is 2.51. The van der Waals surface area contributed by atoms with Crippen LogP contribution in [-0.2, 0) is 14.4 Å². The van der Waals surface area contributed by atoms with Gasteiger partial charge in [0, 0.05) is 17.4 Å². The molecule has 6 heteroatoms. The van der Waals surface area contributed by atoms with Gasteiger partial charge in [0.15, 0.2) is 0 Å². The molecule has 2 aromatic carbocycles. The fraction of sp³-hybridized carbons (Fsp3) is 0.444. The lowest BCUT2D eigenvalue weighted by molar-refractivity contribution is -0.146. The lowest BCUT2D eigenvalue weighted by atomic mass is 9.81. The van der Waals surface area contributed by atoms with Crippen LogP contribution in [0.2, 0.25) is 0 Å². The van der Waals surface area contributed by atoms with Crippen molar-refractivity contribution in [3.05, 3.63) is 60.2 Å². The van der Waals surface area contributed by atoms with Gasteiger partial charge in [0.25, 0.3) is 0 Å². The van der Waals surface area contributed by atoms with E-state index in [1.807, 2.05) is 61.5 Å². The first-order valence-electron chi connectivity index (χ1n) is 12.1. The van der Waals surface area contributed by atoms with E-state index in [1.165, 1.54) is 4.90 Å². The summed E-state index contributed by atoms with van der Waals surface area (Å²) in [5, 5.41) is 3.60. The molecule has 3 aliphatic rings. The molecular weight excluding hydrogens is 414 g/mol. The maximum absolute atomic E-state index is 13.8. The van der Waals surface area contributed by atoms with Gasteiger partial charge in [-0.15, -0.1) is 0 Å². The predicted molar refractivity (Wildman–Crippen MR) is 128 cm³/mol. The van der Waals surface area contributed by atoms with E-state index in [0.717, 1.165) is 49.0 Å². The van der Waals surface area contributed by atoms with Crippen LogP contribution in [0.3, 0.4) is 0 Å². The van der Waals surface area contributed by atoms with Gasteiger partial charge in [-0.1, -0.05) is 49.2 Å². The van der Waals surface area contributed by atoms with Gasteiger partial charge < -0.3 is 10.2 Å². The van der Waals surface area contributed by atoms with Crippen molar-refractivity contribution in [3.8, 4) is 0 Å². The Morgan fingerprint density at radius 3 is 2.21 bits per heavy atom. The number of nitrogens with zero attached hydrogens (tertiary/aromatic N) is 2. The minimum absolute atomic E-state index is 0.0656. The number of likely N-dealkylation sites (tertiary alicyclic amines) is 1. The number of amides is 3. The van der Waals surface area contributed by atoms with E-state index in [-0.39, 0.29) is 41.6 Å². The highest BCUT2D eigenvalue weighted by Crippen LogP contribution is 2.42. The maximum atomic E-state index is 13.8. The van der Waals surface area contributed by atoms with E-state index in [2.05, 4.69) is 5.32 Å². The number of carbonyl (C=O) groups excluding carboxylic acids is 3. The van der Waals surface area contributed by atoms with Gasteiger partial charge >= 0.3 is 0 Å². The van der Waals surface area contributed by atoms with Crippen molar-refractivity contribution in [2.75, 3.05) is 10.2 Å². The zero-order valence-electron chi connectivity index (χ0n) is 19.2. The zero-order chi connectivity index (χ0) is 23.1. The number of hydrogen-bond donors (Lipinski definition) is 1. The molecule has 1 aliphatic carbocycles. The first-order valence-corrected chi connectivity index (χ1v) is 12.1. The second-order valence-electron chi connectivity index (χ2n) is 9.63. The number of rotatable bonds is 4. The van der Waals surface area contributed by atoms with Crippen molar-refractivity contribution in [2.45, 2.75) is 64.1 Å². The summed E-state index contributed by atoms with van der Waals surface area (Å²) >= 11 is 0. The van der Waals surface area contributed by atoms with Crippen molar-refractivity contribution in [1.29, 1.82) is 0 Å². The minimum atomic E-state index is -0.801. The Kier molecular flexibility index (Phi) is 5.69. The number of benzene rings is 2. The Hall–Kier alpha value is -3.15. The molecule has 5 rings (SSSR count). The molecular formula is C27H31N3O3. The number of para-hydroxylation sites is 2. The predicted octanol–water partition coefficient (Wildman–Crippen LogP) is 4.53. The summed E-state index contributed by atoms with van der Waals surface area (Å²) in [4.78, 5) is 43.0. The average molecular weight is 446 g/mol. The van der Waals surface area contributed by atoms with Crippen LogP contribution in [0.4, 0.5) is 11.4 Å². The Labute approximate surface area is 194 Å². The number of nitrogens with one attached hydrogen (secondary N) is 1. The number of fused-ring (bicyclic) bond motifs is 2. The molecule has 0 radical (unpaired) electrons. The molecule has 0 unspecified atom stereocenters. The van der Waals surface area contributed by atoms with E-state index in [4.69, 9.17) is 0 Å². The molecule has 5 atom stereocenters. The molecule has 1 saturated carbocycles. The van der Waals surface area contributed by atoms with E-state index < -0.39 is 6.04 Å². The van der Waals surface area contributed by atoms with Crippen LogP contribution >= 0.6 is 0 Å². The zero-order valence-corrected chi connectivity index (χ0v) is 19.2. The Morgan fingerprint density at radius 1 is 0.939 bits per heavy atom. The minimum Gasteiger partial charge on any atom is -0.378 e. The molecule has 6 nitrogen and oxygen atoms in total. The number of hydrogen-bond acceptors (Lipinski definition) is 4. The summed E-state index contributed by atoms with van der Waals surface area (Å²) in [7, 11) is 0. The Balaban J connectivity index is 1.42. The summed E-state index contributed by atoms with van der Waals surface area (Å²) in [6, 6.07) is 17.2. The SMILES string of the molecule is C[C@H](C(=O)N1c2ccccc2[C@H](Nc2ccccc2)C[C@H]1C)N1C(=O)[C@H]2CCCC[C@H]2C1=O. The molecule has 2 heterocycles. The molecule has 1 N–H and O–H groups in total. The van der Waals surface area contributed by atoms with Crippen LogP contribution < -0.4 is 10.2 Å². The highest BCUT2D eigenvalue weighted by atomic mass is 16.2. The highest BCUT2D eigenvalue weighted by molar-refractivity contribution is 6.10. The van der Waals surface area contributed by atoms with Gasteiger partial charge in [-0.25, -0.2) is 0 Å². The molecule has 0 spiro atoms. The van der Waals surface area contributed by atoms with Crippen LogP contribution in [0.15, 0.2) is 54.6 Å². The summed E-state index contributed by atoms with van der Waals surface area (Å²) in [5.74, 6) is -0.994. The fourth-order valence-corrected chi connectivity index (χ4v) is 5.90. The first kappa shape index (κ1) is 21.7. The third kappa shape index (κ3) is 3.71. The van der Waals surface area contributed by atoms with Crippen molar-refractivity contribution in [2.24, 2.45) is 11.8 Å². The van der Waals surface area contributed by atoms with Gasteiger partial charge in [-0.05, 0) is 56.9 Å². The second kappa shape index (κ2) is 8.65. The van der Waals surface area contributed by atoms with Crippen molar-refractivity contribution in [1.82, 2.24) is 4.90 Å². The standard InChI is InChI=1S/C27H31N3O3/c1-17-16-23(28-19-10-4-3-5-11-19)22-14-8-9-15-24(22)29(17)25(31)18(2)30-26(32)20-12-6-7-13-21(20)27(30)33/h3-5,8-11,14-15,17-18,20-21,23,28H,6-7,12-13,16H2,1-2H3/t17-,18-,20-,21+,23-/m1/s1. The van der Waals surface area contributed by atoms with Gasteiger partial charge in [-0.3, -0.25) is 19.3 Å². The van der Waals surface area contributed by atoms with E-state index in [9.17, 15) is 14.4 Å². The van der Waals surface area contributed by atoms with Crippen LogP contribution in [0, 0.1) is 11.8 Å². The third-order valence-electron chi connectivity index (χ3n) is 7.56. The molecule has 3 amide bonds. The van der Waals surface area contributed by atoms with E-state index >= 15 is 0 Å². The van der Waals surface area contributed by atoms with E-state index in [0.29, 0.717) is 0 Å². The maximum Gasteiger partial charge on any atom is 0.250 e. The molecule has 2 fully saturated rings. The Bertz CT molecular complexity index is 1050. The fourth-order valence-electron chi connectivity index (χ4n) is 5.90. The summed E-state index contributed by atoms with van der Waals surface area (Å²) < 4.78 is 0. The van der Waals surface area contributed by atoms with Gasteiger partial charge in [0.2, 0.25) is 17.7 Å². The van der Waals surface area contributed by atoms with Crippen molar-refractivity contribution >= 4 is 29.1 Å². The molecule has 2 aliphatic heterocycles. The molecule has 172 valence electrons. The number of imide groups is 1. The van der Waals surface area contributed by atoms with Gasteiger partial charge in [0.05, 0.1) is 17.9 Å². The number of anilines is 2. The van der Waals surface area contributed by atoms with Crippen LogP contribution in [0.1, 0.15) is 57.6 Å². The third-order valence-corrected chi connectivity index (χ3v) is 7.56. The lowest BCUT2D eigenvalue weighted by Gasteiger charge is -2.41. The van der Waals surface area contributed by atoms with Crippen molar-refractivity contribution in [3.63, 3.8) is 0 Å². The topological polar surface area (TPSA) is 69.7 Å². The summed E-state index contributed by atoms with van der Waals surface area (Å²) in [5.41, 5.74) is 2.93. The van der Waals surface area contributed by atoms with Crippen LogP contribution in [-0.4, -0.2) is 34.7 Å². The Morgan fingerprint density at radius 2 is 1.55 bits per heavy atom. The van der Waals surface area contributed by atoms with Gasteiger partial charge in [0.1, 0.15) is 6.04 Å².